The summed E-state index contributed by atoms with van der Waals surface area (Å²) in [7, 11) is 1.59. The molecular weight excluding hydrogens is 344 g/mol. The zero-order valence-corrected chi connectivity index (χ0v) is 14.5. The highest BCUT2D eigenvalue weighted by Crippen LogP contribution is 2.23. The molecule has 140 valence electrons. The lowest BCUT2D eigenvalue weighted by atomic mass is 9.98. The highest BCUT2D eigenvalue weighted by Gasteiger charge is 2.28. The molecule has 1 aliphatic rings. The SMILES string of the molecule is COc1cccc(OC[C@@H]2CCCN(C(=O)c3ccnn3C(F)F)C2)c1. The van der Waals surface area contributed by atoms with Gasteiger partial charge in [0.25, 0.3) is 5.91 Å². The Hall–Kier alpha value is -2.64. The fraction of sp³-hybridized carbons (Fsp3) is 0.444. The maximum absolute atomic E-state index is 12.9. The van der Waals surface area contributed by atoms with Gasteiger partial charge >= 0.3 is 6.55 Å². The number of piperidine rings is 1. The molecule has 2 aromatic rings. The molecule has 0 N–H and O–H groups in total. The van der Waals surface area contributed by atoms with E-state index in [1.807, 2.05) is 18.2 Å². The summed E-state index contributed by atoms with van der Waals surface area (Å²) in [4.78, 5) is 14.2. The van der Waals surface area contributed by atoms with Gasteiger partial charge in [-0.05, 0) is 31.0 Å². The van der Waals surface area contributed by atoms with Gasteiger partial charge in [0.05, 0.1) is 13.7 Å². The normalized spacial score (nSPS) is 17.4. The molecule has 2 heterocycles. The third-order valence-electron chi connectivity index (χ3n) is 4.41. The van der Waals surface area contributed by atoms with Gasteiger partial charge in [0.2, 0.25) is 0 Å². The van der Waals surface area contributed by atoms with Crippen LogP contribution in [0.2, 0.25) is 0 Å². The molecule has 3 rings (SSSR count). The summed E-state index contributed by atoms with van der Waals surface area (Å²) in [6.45, 7) is -1.37. The molecule has 1 aromatic carbocycles. The summed E-state index contributed by atoms with van der Waals surface area (Å²) in [6.07, 6.45) is 2.94. The van der Waals surface area contributed by atoms with Gasteiger partial charge in [-0.3, -0.25) is 4.79 Å². The first kappa shape index (κ1) is 18.2. The number of hydrogen-bond donors (Lipinski definition) is 0. The Morgan fingerprint density at radius 2 is 2.15 bits per heavy atom. The number of alkyl halides is 2. The van der Waals surface area contributed by atoms with Crippen molar-refractivity contribution in [2.24, 2.45) is 5.92 Å². The largest absolute Gasteiger partial charge is 0.497 e. The van der Waals surface area contributed by atoms with Gasteiger partial charge in [-0.25, -0.2) is 0 Å². The molecule has 0 bridgehead atoms. The molecule has 0 unspecified atom stereocenters. The number of methoxy groups -OCH3 is 1. The third-order valence-corrected chi connectivity index (χ3v) is 4.41. The van der Waals surface area contributed by atoms with Gasteiger partial charge in [-0.15, -0.1) is 0 Å². The zero-order chi connectivity index (χ0) is 18.5. The molecule has 1 fully saturated rings. The second-order valence-corrected chi connectivity index (χ2v) is 6.19. The minimum absolute atomic E-state index is 0.0886. The van der Waals surface area contributed by atoms with Crippen molar-refractivity contribution in [1.29, 1.82) is 0 Å². The van der Waals surface area contributed by atoms with Gasteiger partial charge in [0.15, 0.2) is 0 Å². The molecule has 1 aromatic heterocycles. The van der Waals surface area contributed by atoms with E-state index in [0.717, 1.165) is 12.8 Å². The van der Waals surface area contributed by atoms with Gasteiger partial charge in [-0.2, -0.15) is 18.6 Å². The Bertz CT molecular complexity index is 751. The number of halogens is 2. The fourth-order valence-corrected chi connectivity index (χ4v) is 3.09. The number of benzene rings is 1. The summed E-state index contributed by atoms with van der Waals surface area (Å²) in [5.41, 5.74) is -0.0886. The van der Waals surface area contributed by atoms with Crippen molar-refractivity contribution in [2.45, 2.75) is 19.4 Å². The van der Waals surface area contributed by atoms with E-state index in [1.165, 1.54) is 12.3 Å². The van der Waals surface area contributed by atoms with Crippen molar-refractivity contribution < 1.29 is 23.0 Å². The second kappa shape index (κ2) is 8.16. The Morgan fingerprint density at radius 1 is 1.35 bits per heavy atom. The van der Waals surface area contributed by atoms with E-state index in [-0.39, 0.29) is 11.6 Å². The molecule has 1 saturated heterocycles. The molecule has 1 aliphatic heterocycles. The second-order valence-electron chi connectivity index (χ2n) is 6.19. The van der Waals surface area contributed by atoms with E-state index in [4.69, 9.17) is 9.47 Å². The number of rotatable bonds is 6. The molecule has 1 amide bonds. The van der Waals surface area contributed by atoms with Crippen LogP contribution in [-0.4, -0.2) is 47.4 Å². The Kier molecular flexibility index (Phi) is 5.70. The van der Waals surface area contributed by atoms with Crippen LogP contribution in [0.4, 0.5) is 8.78 Å². The summed E-state index contributed by atoms with van der Waals surface area (Å²) < 4.78 is 37.3. The molecule has 0 aliphatic carbocycles. The number of nitrogens with zero attached hydrogens (tertiary/aromatic N) is 3. The van der Waals surface area contributed by atoms with Crippen LogP contribution in [0, 0.1) is 5.92 Å². The van der Waals surface area contributed by atoms with Crippen LogP contribution in [0.15, 0.2) is 36.5 Å². The van der Waals surface area contributed by atoms with E-state index in [2.05, 4.69) is 5.10 Å². The minimum atomic E-state index is -2.83. The van der Waals surface area contributed by atoms with Crippen molar-refractivity contribution in [3.63, 3.8) is 0 Å². The number of carbonyl (C=O) groups is 1. The van der Waals surface area contributed by atoms with Gasteiger partial charge in [0, 0.05) is 31.3 Å². The Labute approximate surface area is 150 Å². The van der Waals surface area contributed by atoms with Gasteiger partial charge in [-0.1, -0.05) is 6.07 Å². The number of hydrogen-bond acceptors (Lipinski definition) is 4. The van der Waals surface area contributed by atoms with E-state index in [1.54, 1.807) is 18.1 Å². The van der Waals surface area contributed by atoms with Crippen molar-refractivity contribution in [3.8, 4) is 11.5 Å². The van der Waals surface area contributed by atoms with Gasteiger partial charge in [0.1, 0.15) is 17.2 Å². The van der Waals surface area contributed by atoms with E-state index < -0.39 is 12.5 Å². The number of carbonyl (C=O) groups excluding carboxylic acids is 1. The summed E-state index contributed by atoms with van der Waals surface area (Å²) in [6, 6.07) is 8.64. The topological polar surface area (TPSA) is 56.6 Å². The lowest BCUT2D eigenvalue weighted by Gasteiger charge is -2.32. The van der Waals surface area contributed by atoms with Crippen molar-refractivity contribution in [3.05, 3.63) is 42.2 Å². The van der Waals surface area contributed by atoms with Crippen LogP contribution < -0.4 is 9.47 Å². The van der Waals surface area contributed by atoms with Crippen LogP contribution in [0.25, 0.3) is 0 Å². The third kappa shape index (κ3) is 4.12. The Balaban J connectivity index is 1.60. The maximum atomic E-state index is 12.9. The minimum Gasteiger partial charge on any atom is -0.497 e. The number of ether oxygens (including phenoxy) is 2. The van der Waals surface area contributed by atoms with Crippen LogP contribution in [0.3, 0.4) is 0 Å². The number of likely N-dealkylation sites (tertiary alicyclic amines) is 1. The standard InChI is InChI=1S/C18H21F2N3O3/c1-25-14-5-2-6-15(10-14)26-12-13-4-3-9-22(11-13)17(24)16-7-8-21-23(16)18(19)20/h2,5-8,10,13,18H,3-4,9,11-12H2,1H3/t13-/m1/s1. The molecular formula is C18H21F2N3O3. The predicted molar refractivity (Wildman–Crippen MR) is 90.6 cm³/mol. The molecule has 8 heteroatoms. The molecule has 26 heavy (non-hydrogen) atoms. The Morgan fingerprint density at radius 3 is 2.92 bits per heavy atom. The smallest absolute Gasteiger partial charge is 0.333 e. The molecule has 0 radical (unpaired) electrons. The van der Waals surface area contributed by atoms with Crippen LogP contribution in [-0.2, 0) is 0 Å². The predicted octanol–water partition coefficient (Wildman–Crippen LogP) is 3.22. The lowest BCUT2D eigenvalue weighted by molar-refractivity contribution is 0.0425. The monoisotopic (exact) mass is 365 g/mol. The summed E-state index contributed by atoms with van der Waals surface area (Å²) in [5.74, 6) is 1.13. The van der Waals surface area contributed by atoms with Crippen LogP contribution in [0.1, 0.15) is 29.9 Å². The molecule has 6 nitrogen and oxygen atoms in total. The first-order chi connectivity index (χ1) is 12.6. The summed E-state index contributed by atoms with van der Waals surface area (Å²) in [5, 5.41) is 3.53. The quantitative estimate of drug-likeness (QED) is 0.789. The van der Waals surface area contributed by atoms with E-state index in [9.17, 15) is 13.6 Å². The lowest BCUT2D eigenvalue weighted by Crippen LogP contribution is -2.42. The molecule has 0 spiro atoms. The highest BCUT2D eigenvalue weighted by atomic mass is 19.3. The number of aromatic nitrogens is 2. The van der Waals surface area contributed by atoms with Crippen molar-refractivity contribution in [1.82, 2.24) is 14.7 Å². The molecule has 0 saturated carbocycles. The van der Waals surface area contributed by atoms with Crippen molar-refractivity contribution in [2.75, 3.05) is 26.8 Å². The average molecular weight is 365 g/mol. The first-order valence-electron chi connectivity index (χ1n) is 8.46. The number of amides is 1. The maximum Gasteiger partial charge on any atom is 0.333 e. The fourth-order valence-electron chi connectivity index (χ4n) is 3.09. The van der Waals surface area contributed by atoms with Crippen LogP contribution >= 0.6 is 0 Å². The molecule has 1 atom stereocenters. The average Bonchev–Trinajstić information content (AvgIpc) is 3.16. The zero-order valence-electron chi connectivity index (χ0n) is 14.5. The van der Waals surface area contributed by atoms with Crippen LogP contribution in [0.5, 0.6) is 11.5 Å². The summed E-state index contributed by atoms with van der Waals surface area (Å²) >= 11 is 0. The van der Waals surface area contributed by atoms with E-state index in [0.29, 0.717) is 35.9 Å². The first-order valence-corrected chi connectivity index (χ1v) is 8.46. The van der Waals surface area contributed by atoms with E-state index >= 15 is 0 Å². The van der Waals surface area contributed by atoms with Crippen molar-refractivity contribution >= 4 is 5.91 Å². The van der Waals surface area contributed by atoms with Gasteiger partial charge < -0.3 is 14.4 Å². The highest BCUT2D eigenvalue weighted by molar-refractivity contribution is 5.92.